The summed E-state index contributed by atoms with van der Waals surface area (Å²) in [6.45, 7) is 3.11. The molecule has 0 saturated carbocycles. The Balaban J connectivity index is 1.41. The van der Waals surface area contributed by atoms with Gasteiger partial charge < -0.3 is 24.6 Å². The van der Waals surface area contributed by atoms with Gasteiger partial charge in [0, 0.05) is 31.1 Å². The van der Waals surface area contributed by atoms with Crippen LogP contribution in [0.2, 0.25) is 0 Å². The van der Waals surface area contributed by atoms with Crippen LogP contribution in [0.5, 0.6) is 0 Å². The highest BCUT2D eigenvalue weighted by Gasteiger charge is 2.30. The lowest BCUT2D eigenvalue weighted by atomic mass is 10.2. The van der Waals surface area contributed by atoms with Gasteiger partial charge in [-0.3, -0.25) is 14.4 Å². The second-order valence-electron chi connectivity index (χ2n) is 6.52. The van der Waals surface area contributed by atoms with Gasteiger partial charge in [-0.2, -0.15) is 0 Å². The lowest BCUT2D eigenvalue weighted by Crippen LogP contribution is -2.51. The van der Waals surface area contributed by atoms with E-state index in [1.165, 1.54) is 16.7 Å². The maximum Gasteiger partial charge on any atom is 0.409 e. The van der Waals surface area contributed by atoms with Crippen LogP contribution < -0.4 is 5.32 Å². The summed E-state index contributed by atoms with van der Waals surface area (Å²) in [5, 5.41) is 2.17. The fourth-order valence-electron chi connectivity index (χ4n) is 3.02. The van der Waals surface area contributed by atoms with Crippen LogP contribution in [-0.4, -0.2) is 78.3 Å². The maximum atomic E-state index is 12.3. The molecule has 2 aliphatic rings. The Morgan fingerprint density at radius 2 is 1.79 bits per heavy atom. The molecule has 0 unspecified atom stereocenters. The summed E-state index contributed by atoms with van der Waals surface area (Å²) in [5.74, 6) is -1.18. The minimum atomic E-state index is -0.601. The topological polar surface area (TPSA) is 105 Å². The lowest BCUT2D eigenvalue weighted by Gasteiger charge is -2.33. The van der Waals surface area contributed by atoms with Crippen LogP contribution in [0.25, 0.3) is 0 Å². The Labute approximate surface area is 172 Å². The lowest BCUT2D eigenvalue weighted by molar-refractivity contribution is -0.152. The number of piperazine rings is 1. The predicted octanol–water partition coefficient (Wildman–Crippen LogP) is 1.33. The number of benzene rings is 1. The number of carbonyl (C=O) groups is 4. The summed E-state index contributed by atoms with van der Waals surface area (Å²) in [6.07, 6.45) is -0.509. The average molecular weight is 421 g/mol. The van der Waals surface area contributed by atoms with E-state index in [4.69, 9.17) is 9.47 Å². The first-order chi connectivity index (χ1) is 14.0. The van der Waals surface area contributed by atoms with Crippen molar-refractivity contribution in [3.8, 4) is 0 Å². The van der Waals surface area contributed by atoms with E-state index in [1.54, 1.807) is 17.9 Å². The number of hydrogen-bond acceptors (Lipinski definition) is 7. The molecule has 1 fully saturated rings. The first-order valence-electron chi connectivity index (χ1n) is 9.39. The van der Waals surface area contributed by atoms with E-state index < -0.39 is 17.3 Å². The second kappa shape index (κ2) is 9.64. The van der Waals surface area contributed by atoms with Crippen molar-refractivity contribution in [2.75, 3.05) is 44.7 Å². The number of esters is 1. The number of amides is 3. The molecule has 3 amide bonds. The molecule has 29 heavy (non-hydrogen) atoms. The van der Waals surface area contributed by atoms with Gasteiger partial charge in [0.25, 0.3) is 5.91 Å². The number of fused-ring (bicyclic) bond motifs is 1. The van der Waals surface area contributed by atoms with Gasteiger partial charge in [-0.15, -0.1) is 11.8 Å². The van der Waals surface area contributed by atoms with Crippen LogP contribution in [0.15, 0.2) is 29.2 Å². The third kappa shape index (κ3) is 5.41. The molecule has 1 saturated heterocycles. The van der Waals surface area contributed by atoms with Gasteiger partial charge in [-0.05, 0) is 19.1 Å². The first-order valence-corrected chi connectivity index (χ1v) is 10.3. The van der Waals surface area contributed by atoms with Crippen LogP contribution >= 0.6 is 11.8 Å². The molecule has 1 atom stereocenters. The molecule has 2 heterocycles. The number of ether oxygens (including phenoxy) is 2. The van der Waals surface area contributed by atoms with E-state index in [2.05, 4.69) is 5.32 Å². The number of carbonyl (C=O) groups excluding carboxylic acids is 4. The van der Waals surface area contributed by atoms with E-state index >= 15 is 0 Å². The van der Waals surface area contributed by atoms with Crippen molar-refractivity contribution < 1.29 is 28.7 Å². The number of rotatable bonds is 5. The van der Waals surface area contributed by atoms with Crippen LogP contribution in [0.3, 0.4) is 0 Å². The number of para-hydroxylation sites is 1. The summed E-state index contributed by atoms with van der Waals surface area (Å²) in [6, 6.07) is 7.36. The summed E-state index contributed by atoms with van der Waals surface area (Å²) >= 11 is 1.31. The summed E-state index contributed by atoms with van der Waals surface area (Å²) < 4.78 is 10.0. The van der Waals surface area contributed by atoms with E-state index in [-0.39, 0.29) is 24.8 Å². The monoisotopic (exact) mass is 421 g/mol. The van der Waals surface area contributed by atoms with Gasteiger partial charge >= 0.3 is 12.1 Å². The Hall–Kier alpha value is -2.75. The van der Waals surface area contributed by atoms with Gasteiger partial charge in [0.1, 0.15) is 0 Å². The highest BCUT2D eigenvalue weighted by Crippen LogP contribution is 2.36. The molecule has 0 aliphatic carbocycles. The van der Waals surface area contributed by atoms with Crippen LogP contribution in [0.1, 0.15) is 13.3 Å². The smallest absolute Gasteiger partial charge is 0.409 e. The normalized spacial score (nSPS) is 18.5. The Kier molecular flexibility index (Phi) is 6.97. The zero-order chi connectivity index (χ0) is 20.8. The van der Waals surface area contributed by atoms with Gasteiger partial charge in [-0.25, -0.2) is 4.79 Å². The highest BCUT2D eigenvalue weighted by atomic mass is 32.2. The van der Waals surface area contributed by atoms with E-state index in [1.807, 2.05) is 18.2 Å². The minimum absolute atomic E-state index is 0.116. The Morgan fingerprint density at radius 1 is 1.10 bits per heavy atom. The van der Waals surface area contributed by atoms with Crippen molar-refractivity contribution in [2.24, 2.45) is 0 Å². The Bertz CT molecular complexity index is 794. The number of hydrogen-bond donors (Lipinski definition) is 1. The third-order valence-electron chi connectivity index (χ3n) is 4.57. The van der Waals surface area contributed by atoms with E-state index in [0.29, 0.717) is 32.8 Å². The molecule has 156 valence electrons. The second-order valence-corrected chi connectivity index (χ2v) is 7.77. The van der Waals surface area contributed by atoms with Gasteiger partial charge in [0.15, 0.2) is 6.61 Å². The number of anilines is 1. The molecule has 0 aromatic heterocycles. The van der Waals surface area contributed by atoms with Crippen LogP contribution in [0.4, 0.5) is 10.5 Å². The maximum absolute atomic E-state index is 12.3. The summed E-state index contributed by atoms with van der Waals surface area (Å²) in [7, 11) is 0. The molecule has 1 aromatic rings. The average Bonchev–Trinajstić information content (AvgIpc) is 2.73. The molecule has 10 heteroatoms. The van der Waals surface area contributed by atoms with E-state index in [9.17, 15) is 19.2 Å². The van der Waals surface area contributed by atoms with Gasteiger partial charge in [-0.1, -0.05) is 12.1 Å². The SMILES string of the molecule is CCOC(=O)N1CCN(C(=O)COC(=O)C[C@H]2Sc3ccccc3NC2=O)CC1. The summed E-state index contributed by atoms with van der Waals surface area (Å²) in [4.78, 5) is 52.2. The number of nitrogens with one attached hydrogen (secondary N) is 1. The minimum Gasteiger partial charge on any atom is -0.456 e. The van der Waals surface area contributed by atoms with Gasteiger partial charge in [0.05, 0.1) is 24.0 Å². The molecule has 2 aliphatic heterocycles. The molecular formula is C19H23N3O6S. The number of thioether (sulfide) groups is 1. The molecule has 1 N–H and O–H groups in total. The quantitative estimate of drug-likeness (QED) is 0.715. The van der Waals surface area contributed by atoms with E-state index in [0.717, 1.165) is 10.6 Å². The molecule has 0 spiro atoms. The van der Waals surface area contributed by atoms with Crippen molar-refractivity contribution in [2.45, 2.75) is 23.5 Å². The van der Waals surface area contributed by atoms with Crippen molar-refractivity contribution >= 4 is 41.3 Å². The van der Waals surface area contributed by atoms with Crippen molar-refractivity contribution in [1.29, 1.82) is 0 Å². The van der Waals surface area contributed by atoms with Crippen LogP contribution in [0, 0.1) is 0 Å². The molecule has 0 radical (unpaired) electrons. The molecule has 3 rings (SSSR count). The van der Waals surface area contributed by atoms with Gasteiger partial charge in [0.2, 0.25) is 5.91 Å². The fraction of sp³-hybridized carbons (Fsp3) is 0.474. The fourth-order valence-corrected chi connectivity index (χ4v) is 4.12. The molecule has 9 nitrogen and oxygen atoms in total. The third-order valence-corrected chi connectivity index (χ3v) is 5.85. The number of nitrogens with zero attached hydrogens (tertiary/aromatic N) is 2. The highest BCUT2D eigenvalue weighted by molar-refractivity contribution is 8.01. The molecular weight excluding hydrogens is 398 g/mol. The zero-order valence-corrected chi connectivity index (χ0v) is 16.9. The Morgan fingerprint density at radius 3 is 2.52 bits per heavy atom. The molecule has 1 aromatic carbocycles. The standard InChI is InChI=1S/C19H23N3O6S/c1-2-27-19(26)22-9-7-21(8-10-22)16(23)12-28-17(24)11-15-18(25)20-13-5-3-4-6-14(13)29-15/h3-6,15H,2,7-12H2,1H3,(H,20,25)/t15-/m1/s1. The predicted molar refractivity (Wildman–Crippen MR) is 105 cm³/mol. The van der Waals surface area contributed by atoms with Crippen molar-refractivity contribution in [3.63, 3.8) is 0 Å². The van der Waals surface area contributed by atoms with Crippen molar-refractivity contribution in [3.05, 3.63) is 24.3 Å². The zero-order valence-electron chi connectivity index (χ0n) is 16.1. The largest absolute Gasteiger partial charge is 0.456 e. The summed E-state index contributed by atoms with van der Waals surface area (Å²) in [5.41, 5.74) is 0.726. The van der Waals surface area contributed by atoms with Crippen molar-refractivity contribution in [1.82, 2.24) is 9.80 Å². The van der Waals surface area contributed by atoms with Crippen LogP contribution in [-0.2, 0) is 23.9 Å². The molecule has 0 bridgehead atoms. The first kappa shape index (κ1) is 21.0.